The molecule has 2 fully saturated rings. The molecule has 0 amide bonds. The van der Waals surface area contributed by atoms with Gasteiger partial charge in [-0.15, -0.1) is 0 Å². The lowest BCUT2D eigenvalue weighted by atomic mass is 10.2. The highest BCUT2D eigenvalue weighted by Crippen LogP contribution is 2.29. The van der Waals surface area contributed by atoms with Gasteiger partial charge in [-0.05, 0) is 49.1 Å². The molecule has 0 spiro atoms. The van der Waals surface area contributed by atoms with Crippen LogP contribution < -0.4 is 9.21 Å². The zero-order chi connectivity index (χ0) is 21.1. The summed E-state index contributed by atoms with van der Waals surface area (Å²) >= 11 is 0. The number of benzene rings is 1. The zero-order valence-electron chi connectivity index (χ0n) is 17.4. The van der Waals surface area contributed by atoms with Gasteiger partial charge in [0.05, 0.1) is 24.2 Å². The van der Waals surface area contributed by atoms with E-state index in [0.29, 0.717) is 12.1 Å². The fourth-order valence-electron chi connectivity index (χ4n) is 3.94. The van der Waals surface area contributed by atoms with E-state index >= 15 is 0 Å². The Bertz CT molecular complexity index is 938. The summed E-state index contributed by atoms with van der Waals surface area (Å²) in [6.07, 6.45) is 4.81. The molecular weight excluding hydrogens is 403 g/mol. The number of rotatable bonds is 8. The van der Waals surface area contributed by atoms with E-state index in [4.69, 9.17) is 0 Å². The van der Waals surface area contributed by atoms with Crippen molar-refractivity contribution in [3.8, 4) is 0 Å². The third-order valence-corrected chi connectivity index (χ3v) is 7.69. The summed E-state index contributed by atoms with van der Waals surface area (Å²) in [5, 5.41) is 0. The van der Waals surface area contributed by atoms with Gasteiger partial charge in [-0.3, -0.25) is 9.21 Å². The number of hydrogen-bond acceptors (Lipinski definition) is 5. The highest BCUT2D eigenvalue weighted by molar-refractivity contribution is 7.92. The van der Waals surface area contributed by atoms with E-state index in [-0.39, 0.29) is 18.1 Å². The van der Waals surface area contributed by atoms with Crippen LogP contribution >= 0.6 is 0 Å². The molecule has 0 unspecified atom stereocenters. The molecule has 162 valence electrons. The summed E-state index contributed by atoms with van der Waals surface area (Å²) in [6.45, 7) is 5.98. The molecule has 30 heavy (non-hydrogen) atoms. The van der Waals surface area contributed by atoms with Gasteiger partial charge >= 0.3 is 0 Å². The maximum atomic E-state index is 13.2. The largest absolute Gasteiger partial charge is 0.354 e. The molecule has 1 aromatic carbocycles. The first-order chi connectivity index (χ1) is 14.5. The number of halogens is 1. The second-order valence-electron chi connectivity index (χ2n) is 8.08. The van der Waals surface area contributed by atoms with E-state index < -0.39 is 10.0 Å². The highest BCUT2D eigenvalue weighted by Gasteiger charge is 2.31. The van der Waals surface area contributed by atoms with E-state index in [2.05, 4.69) is 14.8 Å². The molecule has 1 aromatic heterocycles. The fraction of sp³-hybridized carbons (Fsp3) is 0.500. The summed E-state index contributed by atoms with van der Waals surface area (Å²) in [6, 6.07) is 10.4. The normalized spacial score (nSPS) is 17.9. The Labute approximate surface area is 178 Å². The Hall–Kier alpha value is -2.19. The average Bonchev–Trinajstić information content (AvgIpc) is 3.59. The van der Waals surface area contributed by atoms with Crippen molar-refractivity contribution in [2.75, 3.05) is 41.1 Å². The Morgan fingerprint density at radius 3 is 2.33 bits per heavy atom. The molecule has 0 N–H and O–H groups in total. The molecule has 0 radical (unpaired) electrons. The quantitative estimate of drug-likeness (QED) is 0.641. The van der Waals surface area contributed by atoms with Gasteiger partial charge in [-0.2, -0.15) is 0 Å². The molecule has 2 heterocycles. The van der Waals surface area contributed by atoms with Gasteiger partial charge in [0.25, 0.3) is 0 Å². The van der Waals surface area contributed by atoms with Crippen molar-refractivity contribution in [1.82, 2.24) is 9.88 Å². The van der Waals surface area contributed by atoms with E-state index in [9.17, 15) is 12.8 Å². The number of piperazine rings is 1. The first-order valence-electron chi connectivity index (χ1n) is 10.7. The van der Waals surface area contributed by atoms with Crippen LogP contribution in [0.5, 0.6) is 0 Å². The monoisotopic (exact) mass is 432 g/mol. The van der Waals surface area contributed by atoms with E-state index in [1.54, 1.807) is 18.3 Å². The van der Waals surface area contributed by atoms with Gasteiger partial charge < -0.3 is 4.90 Å². The molecule has 4 rings (SSSR count). The van der Waals surface area contributed by atoms with Crippen LogP contribution in [0.2, 0.25) is 0 Å². The van der Waals surface area contributed by atoms with Gasteiger partial charge in [0.2, 0.25) is 10.0 Å². The molecule has 0 bridgehead atoms. The van der Waals surface area contributed by atoms with E-state index in [1.807, 2.05) is 19.1 Å². The minimum absolute atomic E-state index is 0.0546. The van der Waals surface area contributed by atoms with E-state index in [1.165, 1.54) is 29.3 Å². The summed E-state index contributed by atoms with van der Waals surface area (Å²) in [5.41, 5.74) is 1.27. The second kappa shape index (κ2) is 8.89. The lowest BCUT2D eigenvalue weighted by Crippen LogP contribution is -2.47. The molecule has 2 aromatic rings. The van der Waals surface area contributed by atoms with Crippen LogP contribution in [0.15, 0.2) is 42.6 Å². The van der Waals surface area contributed by atoms with Crippen LogP contribution in [0.1, 0.15) is 31.7 Å². The lowest BCUT2D eigenvalue weighted by molar-refractivity contribution is 0.247. The standard InChI is InChI=1S/C22H29FN4O2S/c1-2-15-30(28,29)27(17-18-3-5-19(23)6-4-18)21-9-10-22(24-16-21)26-13-11-25(12-14-26)20-7-8-20/h3-6,9-10,16,20H,2,7-8,11-15,17H2,1H3. The molecule has 1 saturated carbocycles. The maximum absolute atomic E-state index is 13.2. The third kappa shape index (κ3) is 4.92. The predicted octanol–water partition coefficient (Wildman–Crippen LogP) is 3.25. The van der Waals surface area contributed by atoms with Gasteiger partial charge in [-0.1, -0.05) is 19.1 Å². The summed E-state index contributed by atoms with van der Waals surface area (Å²) < 4.78 is 40.4. The van der Waals surface area contributed by atoms with Crippen LogP contribution in [-0.2, 0) is 16.6 Å². The highest BCUT2D eigenvalue weighted by atomic mass is 32.2. The van der Waals surface area contributed by atoms with Crippen LogP contribution in [0.3, 0.4) is 0 Å². The van der Waals surface area contributed by atoms with Crippen molar-refractivity contribution < 1.29 is 12.8 Å². The topological polar surface area (TPSA) is 56.8 Å². The Morgan fingerprint density at radius 2 is 1.77 bits per heavy atom. The first kappa shape index (κ1) is 21.1. The van der Waals surface area contributed by atoms with Crippen molar-refractivity contribution in [2.24, 2.45) is 0 Å². The molecule has 1 saturated heterocycles. The number of anilines is 2. The van der Waals surface area contributed by atoms with Crippen molar-refractivity contribution in [3.63, 3.8) is 0 Å². The van der Waals surface area contributed by atoms with Crippen molar-refractivity contribution in [2.45, 2.75) is 38.8 Å². The van der Waals surface area contributed by atoms with Crippen molar-refractivity contribution >= 4 is 21.5 Å². The number of aromatic nitrogens is 1. The molecule has 0 atom stereocenters. The fourth-order valence-corrected chi connectivity index (χ4v) is 5.45. The van der Waals surface area contributed by atoms with Gasteiger partial charge in [0.15, 0.2) is 0 Å². The SMILES string of the molecule is CCCS(=O)(=O)N(Cc1ccc(F)cc1)c1ccc(N2CCN(C3CC3)CC2)nc1. The smallest absolute Gasteiger partial charge is 0.235 e. The minimum Gasteiger partial charge on any atom is -0.354 e. The second-order valence-corrected chi connectivity index (χ2v) is 10.1. The van der Waals surface area contributed by atoms with Gasteiger partial charge in [-0.25, -0.2) is 17.8 Å². The number of nitrogens with zero attached hydrogens (tertiary/aromatic N) is 4. The average molecular weight is 433 g/mol. The minimum atomic E-state index is -3.50. The summed E-state index contributed by atoms with van der Waals surface area (Å²) in [5.74, 6) is 0.595. The Morgan fingerprint density at radius 1 is 1.07 bits per heavy atom. The van der Waals surface area contributed by atoms with Gasteiger partial charge in [0.1, 0.15) is 11.6 Å². The maximum Gasteiger partial charge on any atom is 0.235 e. The van der Waals surface area contributed by atoms with Gasteiger partial charge in [0, 0.05) is 32.2 Å². The first-order valence-corrected chi connectivity index (χ1v) is 12.3. The summed E-state index contributed by atoms with van der Waals surface area (Å²) in [4.78, 5) is 9.39. The predicted molar refractivity (Wildman–Crippen MR) is 118 cm³/mol. The number of hydrogen-bond donors (Lipinski definition) is 0. The van der Waals surface area contributed by atoms with Crippen LogP contribution in [0.4, 0.5) is 15.9 Å². The summed E-state index contributed by atoms with van der Waals surface area (Å²) in [7, 11) is -3.50. The van der Waals surface area contributed by atoms with Crippen LogP contribution in [0, 0.1) is 5.82 Å². The zero-order valence-corrected chi connectivity index (χ0v) is 18.2. The molecular formula is C22H29FN4O2S. The third-order valence-electron chi connectivity index (χ3n) is 5.76. The Kier molecular flexibility index (Phi) is 6.24. The lowest BCUT2D eigenvalue weighted by Gasteiger charge is -2.35. The van der Waals surface area contributed by atoms with Crippen molar-refractivity contribution in [1.29, 1.82) is 0 Å². The van der Waals surface area contributed by atoms with Crippen LogP contribution in [-0.4, -0.2) is 56.3 Å². The molecule has 8 heteroatoms. The number of pyridine rings is 1. The molecule has 6 nitrogen and oxygen atoms in total. The van der Waals surface area contributed by atoms with Crippen molar-refractivity contribution in [3.05, 3.63) is 54.0 Å². The molecule has 1 aliphatic heterocycles. The van der Waals surface area contributed by atoms with Crippen LogP contribution in [0.25, 0.3) is 0 Å². The number of sulfonamides is 1. The Balaban J connectivity index is 1.50. The van der Waals surface area contributed by atoms with E-state index in [0.717, 1.165) is 43.6 Å². The molecule has 1 aliphatic carbocycles. The molecule has 2 aliphatic rings.